The zero-order chi connectivity index (χ0) is 12.1. The largest absolute Gasteiger partial charge is 0.358 e. The topological polar surface area (TPSA) is 6.48 Å². The molecule has 0 amide bonds. The van der Waals surface area contributed by atoms with Crippen molar-refractivity contribution < 1.29 is 0 Å². The number of aryl methyl sites for hydroxylation is 1. The fraction of sp³-hybridized carbons (Fsp3) is 0.467. The molecule has 0 atom stereocenters. The minimum atomic E-state index is 0. The summed E-state index contributed by atoms with van der Waals surface area (Å²) in [7, 11) is 0. The minimum absolute atomic E-state index is 0. The summed E-state index contributed by atoms with van der Waals surface area (Å²) >= 11 is 0. The van der Waals surface area contributed by atoms with Crippen LogP contribution in [0.2, 0.25) is 0 Å². The third-order valence-corrected chi connectivity index (χ3v) is 3.27. The maximum Gasteiger partial charge on any atom is 0.0941 e. The fourth-order valence-corrected chi connectivity index (χ4v) is 2.22. The Hall–Kier alpha value is -0.710. The molecular formula is C15H23IN2. The normalized spacial score (nSPS) is 13.9. The molecule has 0 radical (unpaired) electrons. The van der Waals surface area contributed by atoms with Crippen LogP contribution in [-0.4, -0.2) is 18.1 Å². The van der Waals surface area contributed by atoms with E-state index in [0.717, 1.165) is 19.6 Å². The van der Waals surface area contributed by atoms with Crippen molar-refractivity contribution in [3.05, 3.63) is 42.2 Å². The summed E-state index contributed by atoms with van der Waals surface area (Å²) in [4.78, 5) is 4.73. The van der Waals surface area contributed by atoms with Gasteiger partial charge in [-0.3, -0.25) is 0 Å². The second-order valence-electron chi connectivity index (χ2n) is 4.56. The molecule has 3 heteroatoms. The summed E-state index contributed by atoms with van der Waals surface area (Å²) in [6.45, 7) is 6.62. The molecule has 0 N–H and O–H groups in total. The zero-order valence-electron chi connectivity index (χ0n) is 11.3. The van der Waals surface area contributed by atoms with Gasteiger partial charge in [0.25, 0.3) is 0 Å². The van der Waals surface area contributed by atoms with Gasteiger partial charge in [-0.15, -0.1) is 24.0 Å². The Balaban J connectivity index is 0.00000162. The van der Waals surface area contributed by atoms with E-state index in [4.69, 9.17) is 0 Å². The lowest BCUT2D eigenvalue weighted by atomic mass is 10.1. The average Bonchev–Trinajstić information content (AvgIpc) is 2.85. The van der Waals surface area contributed by atoms with Gasteiger partial charge in [-0.1, -0.05) is 38.5 Å². The molecule has 0 spiro atoms. The van der Waals surface area contributed by atoms with Gasteiger partial charge in [0.05, 0.1) is 6.67 Å². The molecule has 1 aromatic rings. The number of halogens is 1. The minimum Gasteiger partial charge on any atom is -0.358 e. The lowest BCUT2D eigenvalue weighted by Crippen LogP contribution is -2.26. The van der Waals surface area contributed by atoms with Crippen molar-refractivity contribution in [1.29, 1.82) is 0 Å². The Labute approximate surface area is 128 Å². The summed E-state index contributed by atoms with van der Waals surface area (Å²) in [5.41, 5.74) is 2.78. The summed E-state index contributed by atoms with van der Waals surface area (Å²) in [6.07, 6.45) is 8.03. The van der Waals surface area contributed by atoms with Gasteiger partial charge in [-0.25, -0.2) is 0 Å². The summed E-state index contributed by atoms with van der Waals surface area (Å²) < 4.78 is 0. The van der Waals surface area contributed by atoms with Crippen molar-refractivity contribution in [2.75, 3.05) is 18.1 Å². The van der Waals surface area contributed by atoms with Crippen molar-refractivity contribution >= 4 is 29.7 Å². The van der Waals surface area contributed by atoms with E-state index in [0.29, 0.717) is 0 Å². The molecule has 2 rings (SSSR count). The number of rotatable bonds is 5. The van der Waals surface area contributed by atoms with Gasteiger partial charge >= 0.3 is 0 Å². The second kappa shape index (κ2) is 7.67. The summed E-state index contributed by atoms with van der Waals surface area (Å²) in [5.74, 6) is 0. The van der Waals surface area contributed by atoms with Crippen LogP contribution in [0.4, 0.5) is 5.69 Å². The third kappa shape index (κ3) is 3.64. The standard InChI is InChI=1S/C15H22N2.HI/c1-3-5-10-16-11-12-17(13-16)15-9-7-6-8-14(15)4-2;/h6-9,11-12H,3-5,10,13H2,1-2H3;1H. The van der Waals surface area contributed by atoms with E-state index < -0.39 is 0 Å². The quantitative estimate of drug-likeness (QED) is 0.728. The number of unbranched alkanes of at least 4 members (excludes halogenated alkanes) is 1. The molecule has 0 saturated carbocycles. The second-order valence-corrected chi connectivity index (χ2v) is 4.56. The van der Waals surface area contributed by atoms with Crippen LogP contribution in [0, 0.1) is 0 Å². The van der Waals surface area contributed by atoms with Gasteiger partial charge in [-0.2, -0.15) is 0 Å². The highest BCUT2D eigenvalue weighted by molar-refractivity contribution is 14.0. The Kier molecular flexibility index (Phi) is 6.54. The molecular weight excluding hydrogens is 335 g/mol. The number of benzene rings is 1. The molecule has 18 heavy (non-hydrogen) atoms. The van der Waals surface area contributed by atoms with Gasteiger partial charge in [0.15, 0.2) is 0 Å². The van der Waals surface area contributed by atoms with Crippen LogP contribution in [-0.2, 0) is 6.42 Å². The molecule has 0 aromatic heterocycles. The van der Waals surface area contributed by atoms with E-state index in [1.54, 1.807) is 0 Å². The third-order valence-electron chi connectivity index (χ3n) is 3.27. The highest BCUT2D eigenvalue weighted by atomic mass is 127. The number of anilines is 1. The highest BCUT2D eigenvalue weighted by Gasteiger charge is 2.14. The van der Waals surface area contributed by atoms with Crippen molar-refractivity contribution in [3.63, 3.8) is 0 Å². The lowest BCUT2D eigenvalue weighted by molar-refractivity contribution is 0.396. The van der Waals surface area contributed by atoms with E-state index in [1.807, 2.05) is 0 Å². The lowest BCUT2D eigenvalue weighted by Gasteiger charge is -2.23. The maximum absolute atomic E-state index is 2.38. The molecule has 0 fully saturated rings. The molecule has 0 bridgehead atoms. The van der Waals surface area contributed by atoms with Gasteiger partial charge in [0.1, 0.15) is 0 Å². The smallest absolute Gasteiger partial charge is 0.0941 e. The molecule has 0 saturated heterocycles. The van der Waals surface area contributed by atoms with E-state index >= 15 is 0 Å². The average molecular weight is 358 g/mol. The molecule has 1 aliphatic heterocycles. The van der Waals surface area contributed by atoms with E-state index in [1.165, 1.54) is 24.1 Å². The van der Waals surface area contributed by atoms with Gasteiger partial charge in [0.2, 0.25) is 0 Å². The molecule has 1 aliphatic rings. The van der Waals surface area contributed by atoms with Crippen LogP contribution < -0.4 is 4.90 Å². The molecule has 0 aliphatic carbocycles. The van der Waals surface area contributed by atoms with Gasteiger partial charge in [0, 0.05) is 24.6 Å². The molecule has 2 nitrogen and oxygen atoms in total. The molecule has 0 unspecified atom stereocenters. The van der Waals surface area contributed by atoms with Crippen molar-refractivity contribution in [2.24, 2.45) is 0 Å². The SMILES string of the molecule is CCCCN1C=CN(c2ccccc2CC)C1.I. The molecule has 1 aromatic carbocycles. The first kappa shape index (κ1) is 15.3. The maximum atomic E-state index is 2.38. The van der Waals surface area contributed by atoms with Crippen LogP contribution in [0.1, 0.15) is 32.3 Å². The van der Waals surface area contributed by atoms with E-state index in [-0.39, 0.29) is 24.0 Å². The summed E-state index contributed by atoms with van der Waals surface area (Å²) in [5, 5.41) is 0. The first-order valence-corrected chi connectivity index (χ1v) is 6.62. The van der Waals surface area contributed by atoms with Gasteiger partial charge < -0.3 is 9.80 Å². The predicted octanol–water partition coefficient (Wildman–Crippen LogP) is 4.22. The van der Waals surface area contributed by atoms with E-state index in [2.05, 4.69) is 60.3 Å². The molecule has 1 heterocycles. The number of nitrogens with zero attached hydrogens (tertiary/aromatic N) is 2. The van der Waals surface area contributed by atoms with Crippen molar-refractivity contribution in [2.45, 2.75) is 33.1 Å². The van der Waals surface area contributed by atoms with Crippen LogP contribution in [0.15, 0.2) is 36.7 Å². The highest BCUT2D eigenvalue weighted by Crippen LogP contribution is 2.24. The first-order chi connectivity index (χ1) is 8.35. The number of hydrogen-bond donors (Lipinski definition) is 0. The van der Waals surface area contributed by atoms with Crippen LogP contribution in [0.25, 0.3) is 0 Å². The van der Waals surface area contributed by atoms with E-state index in [9.17, 15) is 0 Å². The Morgan fingerprint density at radius 1 is 1.11 bits per heavy atom. The monoisotopic (exact) mass is 358 g/mol. The number of hydrogen-bond acceptors (Lipinski definition) is 2. The Bertz CT molecular complexity index is 390. The fourth-order valence-electron chi connectivity index (χ4n) is 2.22. The van der Waals surface area contributed by atoms with Crippen LogP contribution in [0.3, 0.4) is 0 Å². The van der Waals surface area contributed by atoms with Gasteiger partial charge in [-0.05, 0) is 24.5 Å². The summed E-state index contributed by atoms with van der Waals surface area (Å²) in [6, 6.07) is 8.68. The Morgan fingerprint density at radius 3 is 2.61 bits per heavy atom. The predicted molar refractivity (Wildman–Crippen MR) is 89.3 cm³/mol. The number of para-hydroxylation sites is 1. The van der Waals surface area contributed by atoms with Crippen LogP contribution >= 0.6 is 24.0 Å². The molecule has 100 valence electrons. The van der Waals surface area contributed by atoms with Crippen molar-refractivity contribution in [1.82, 2.24) is 4.90 Å². The van der Waals surface area contributed by atoms with Crippen LogP contribution in [0.5, 0.6) is 0 Å². The zero-order valence-corrected chi connectivity index (χ0v) is 13.6. The van der Waals surface area contributed by atoms with Crippen molar-refractivity contribution in [3.8, 4) is 0 Å². The first-order valence-electron chi connectivity index (χ1n) is 6.62. The Morgan fingerprint density at radius 2 is 1.89 bits per heavy atom.